The summed E-state index contributed by atoms with van der Waals surface area (Å²) < 4.78 is 0. The third-order valence-electron chi connectivity index (χ3n) is 0. The minimum atomic E-state index is 1.50. The van der Waals surface area contributed by atoms with E-state index in [1.807, 2.05) is 0 Å². The molecule has 0 aromatic carbocycles. The SMILES string of the molecule is N#[C][Fe].OO. The van der Waals surface area contributed by atoms with Gasteiger partial charge in [-0.05, 0) is 0 Å². The van der Waals surface area contributed by atoms with E-state index >= 15 is 0 Å². The van der Waals surface area contributed by atoms with Crippen LogP contribution < -0.4 is 0 Å². The van der Waals surface area contributed by atoms with Crippen molar-refractivity contribution in [2.24, 2.45) is 0 Å². The smallest absolute Gasteiger partial charge is 0.255 e. The Morgan fingerprint density at radius 2 is 1.60 bits per heavy atom. The van der Waals surface area contributed by atoms with E-state index in [0.717, 1.165) is 0 Å². The van der Waals surface area contributed by atoms with Gasteiger partial charge in [0.15, 0.2) is 0 Å². The topological polar surface area (TPSA) is 64.2 Å². The molecule has 0 aliphatic carbocycles. The molecule has 0 saturated heterocycles. The molecule has 0 bridgehead atoms. The predicted molar refractivity (Wildman–Crippen MR) is 10.9 cm³/mol. The summed E-state index contributed by atoms with van der Waals surface area (Å²) in [6.45, 7) is 0. The Hall–Kier alpha value is -0.0705. The predicted octanol–water partition coefficient (Wildman–Crippen LogP) is 0.0317. The fourth-order valence-corrected chi connectivity index (χ4v) is 0. The van der Waals surface area contributed by atoms with E-state index in [0.29, 0.717) is 0 Å². The van der Waals surface area contributed by atoms with Gasteiger partial charge in [0, 0.05) is 0 Å². The van der Waals surface area contributed by atoms with Gasteiger partial charge in [-0.3, -0.25) is 10.5 Å². The molecule has 0 aromatic heterocycles. The third kappa shape index (κ3) is 2940. The summed E-state index contributed by atoms with van der Waals surface area (Å²) in [6.07, 6.45) is 0. The van der Waals surface area contributed by atoms with Crippen molar-refractivity contribution in [3.05, 3.63) is 0 Å². The molecule has 2 N–H and O–H groups in total. The maximum absolute atomic E-state index is 7.21. The Labute approximate surface area is 37.6 Å². The average molecular weight is 116 g/mol. The first-order chi connectivity index (χ1) is 2.41. The summed E-state index contributed by atoms with van der Waals surface area (Å²) in [6, 6.07) is 0. The molecule has 0 aliphatic rings. The number of nitrogens with zero attached hydrogens (tertiary/aromatic N) is 1. The molecule has 0 amide bonds. The van der Waals surface area contributed by atoms with Crippen molar-refractivity contribution in [2.45, 2.75) is 0 Å². The molecule has 0 radical (unpaired) electrons. The van der Waals surface area contributed by atoms with Crippen LogP contribution >= 0.6 is 0 Å². The van der Waals surface area contributed by atoms with Crippen LogP contribution in [0.2, 0.25) is 0 Å². The van der Waals surface area contributed by atoms with E-state index in [1.54, 1.807) is 0 Å². The molecule has 0 heterocycles. The minimum Gasteiger partial charge on any atom is -0.255 e. The van der Waals surface area contributed by atoms with Gasteiger partial charge in [-0.25, -0.2) is 0 Å². The number of hydrogen-bond acceptors (Lipinski definition) is 3. The van der Waals surface area contributed by atoms with E-state index in [4.69, 9.17) is 15.8 Å². The van der Waals surface area contributed by atoms with Crippen molar-refractivity contribution in [1.82, 2.24) is 0 Å². The first-order valence-electron chi connectivity index (χ1n) is 0.600. The third-order valence-corrected chi connectivity index (χ3v) is 0. The Morgan fingerprint density at radius 1 is 1.60 bits per heavy atom. The van der Waals surface area contributed by atoms with Gasteiger partial charge in [0.1, 0.15) is 0 Å². The van der Waals surface area contributed by atoms with Gasteiger partial charge in [0.25, 0.3) is 0 Å². The average Bonchev–Trinajstić information content (AvgIpc) is 1.46. The number of nitriles is 1. The largest absolute Gasteiger partial charge is 0.255 e. The Balaban J connectivity index is 0. The molecule has 4 heteroatoms. The van der Waals surface area contributed by atoms with Crippen LogP contribution in [0.25, 0.3) is 0 Å². The van der Waals surface area contributed by atoms with Crippen LogP contribution in [0.15, 0.2) is 0 Å². The zero-order valence-electron chi connectivity index (χ0n) is 2.20. The van der Waals surface area contributed by atoms with Crippen LogP contribution in [0.4, 0.5) is 0 Å². The second-order valence-corrected chi connectivity index (χ2v) is 0.326. The van der Waals surface area contributed by atoms with Gasteiger partial charge < -0.3 is 0 Å². The fraction of sp³-hybridized carbons (Fsp3) is 0. The summed E-state index contributed by atoms with van der Waals surface area (Å²) in [5, 5.41) is 19.2. The summed E-state index contributed by atoms with van der Waals surface area (Å²) in [5.41, 5.74) is 0. The van der Waals surface area contributed by atoms with Gasteiger partial charge in [-0.2, -0.15) is 0 Å². The van der Waals surface area contributed by atoms with Crippen molar-refractivity contribution in [3.63, 3.8) is 0 Å². The first kappa shape index (κ1) is 8.87. The van der Waals surface area contributed by atoms with Crippen molar-refractivity contribution in [1.29, 1.82) is 5.26 Å². The second kappa shape index (κ2) is 39.0. The van der Waals surface area contributed by atoms with Crippen LogP contribution in [0.5, 0.6) is 0 Å². The molecule has 0 fully saturated rings. The molecular weight excluding hydrogens is 114 g/mol. The fourth-order valence-electron chi connectivity index (χ4n) is 0. The number of rotatable bonds is 0. The van der Waals surface area contributed by atoms with Crippen molar-refractivity contribution >= 4 is 0 Å². The van der Waals surface area contributed by atoms with Crippen LogP contribution in [0.3, 0.4) is 0 Å². The molecule has 0 spiro atoms. The normalized spacial score (nSPS) is 2.80. The van der Waals surface area contributed by atoms with Gasteiger partial charge in [0.2, 0.25) is 0 Å². The monoisotopic (exact) mass is 116 g/mol. The molecule has 0 aliphatic heterocycles. The van der Waals surface area contributed by atoms with Crippen LogP contribution in [0, 0.1) is 10.2 Å². The molecule has 0 atom stereocenters. The quantitative estimate of drug-likeness (QED) is 0.266. The van der Waals surface area contributed by atoms with Crippen molar-refractivity contribution in [2.75, 3.05) is 0 Å². The molecule has 0 rings (SSSR count). The van der Waals surface area contributed by atoms with E-state index in [-0.39, 0.29) is 0 Å². The van der Waals surface area contributed by atoms with Gasteiger partial charge in [0.05, 0.1) is 0 Å². The molecule has 0 unspecified atom stereocenters. The molecule has 31 valence electrons. The molecular formula is CH2FeNO2. The van der Waals surface area contributed by atoms with Crippen molar-refractivity contribution in [3.8, 4) is 4.97 Å². The summed E-state index contributed by atoms with van der Waals surface area (Å²) in [7, 11) is 0. The zero-order valence-corrected chi connectivity index (χ0v) is 3.30. The molecule has 5 heavy (non-hydrogen) atoms. The van der Waals surface area contributed by atoms with Gasteiger partial charge in [-0.1, -0.05) is 0 Å². The van der Waals surface area contributed by atoms with E-state index < -0.39 is 0 Å². The van der Waals surface area contributed by atoms with Crippen LogP contribution in [-0.2, 0) is 16.0 Å². The molecule has 3 nitrogen and oxygen atoms in total. The minimum absolute atomic E-state index is 1.50. The van der Waals surface area contributed by atoms with E-state index in [1.165, 1.54) is 4.97 Å². The van der Waals surface area contributed by atoms with E-state index in [9.17, 15) is 0 Å². The van der Waals surface area contributed by atoms with Crippen molar-refractivity contribution < 1.29 is 26.5 Å². The Morgan fingerprint density at radius 3 is 1.60 bits per heavy atom. The first-order valence-corrected chi connectivity index (χ1v) is 1.15. The van der Waals surface area contributed by atoms with Gasteiger partial charge >= 0.3 is 26.2 Å². The van der Waals surface area contributed by atoms with E-state index in [2.05, 4.69) is 16.0 Å². The summed E-state index contributed by atoms with van der Waals surface area (Å²) in [5.74, 6) is 0. The van der Waals surface area contributed by atoms with Crippen LogP contribution in [-0.4, -0.2) is 10.5 Å². The van der Waals surface area contributed by atoms with Crippen LogP contribution in [0.1, 0.15) is 0 Å². The maximum atomic E-state index is 7.21. The zero-order chi connectivity index (χ0) is 4.71. The summed E-state index contributed by atoms with van der Waals surface area (Å²) >= 11 is 2.79. The Kier molecular flexibility index (Phi) is 69.2. The standard InChI is InChI=1S/CN.Fe.H2O2/c1-2;;1-2/h;;1-2H. The molecule has 0 aromatic rings. The van der Waals surface area contributed by atoms with Gasteiger partial charge in [-0.15, -0.1) is 0 Å². The Bertz CT molecular complexity index is 31.1. The summed E-state index contributed by atoms with van der Waals surface area (Å²) in [4.78, 5) is 1.50. The maximum Gasteiger partial charge on any atom is -0.255 e. The number of hydrogen-bond donors (Lipinski definition) is 2. The molecule has 0 saturated carbocycles. The second-order valence-electron chi connectivity index (χ2n) is 0.0791.